The highest BCUT2D eigenvalue weighted by atomic mass is 16.5. The van der Waals surface area contributed by atoms with Gasteiger partial charge in [0.05, 0.1) is 14.2 Å². The van der Waals surface area contributed by atoms with Crippen molar-refractivity contribution in [3.8, 4) is 28.4 Å². The fourth-order valence-electron chi connectivity index (χ4n) is 1.94. The zero-order chi connectivity index (χ0) is 13.1. The number of phenolic OH excluding ortho intramolecular Hbond substituents is 1. The van der Waals surface area contributed by atoms with Crippen molar-refractivity contribution in [2.45, 2.75) is 6.92 Å². The van der Waals surface area contributed by atoms with Crippen molar-refractivity contribution in [3.05, 3.63) is 42.0 Å². The maximum absolute atomic E-state index is 9.60. The van der Waals surface area contributed by atoms with E-state index < -0.39 is 0 Å². The third-order valence-electron chi connectivity index (χ3n) is 2.78. The fraction of sp³-hybridized carbons (Fsp3) is 0.200. The van der Waals surface area contributed by atoms with E-state index in [1.54, 1.807) is 32.4 Å². The summed E-state index contributed by atoms with van der Waals surface area (Å²) in [4.78, 5) is 0. The molecule has 2 rings (SSSR count). The summed E-state index contributed by atoms with van der Waals surface area (Å²) in [7, 11) is 3.25. The number of methoxy groups -OCH3 is 2. The number of hydrogen-bond donors (Lipinski definition) is 1. The van der Waals surface area contributed by atoms with Crippen molar-refractivity contribution in [2.24, 2.45) is 0 Å². The lowest BCUT2D eigenvalue weighted by molar-refractivity contribution is 0.412. The lowest BCUT2D eigenvalue weighted by Gasteiger charge is -2.11. The normalized spacial score (nSPS) is 10.2. The van der Waals surface area contributed by atoms with Crippen molar-refractivity contribution < 1.29 is 14.6 Å². The first-order valence-electron chi connectivity index (χ1n) is 5.67. The SMILES string of the molecule is COc1cc(C)cc(-c2cc(O)ccc2OC)c1. The summed E-state index contributed by atoms with van der Waals surface area (Å²) in [6, 6.07) is 10.9. The molecule has 2 aromatic carbocycles. The van der Waals surface area contributed by atoms with Crippen molar-refractivity contribution in [1.29, 1.82) is 0 Å². The summed E-state index contributed by atoms with van der Waals surface area (Å²) in [5.74, 6) is 1.72. The van der Waals surface area contributed by atoms with Crippen LogP contribution in [0.2, 0.25) is 0 Å². The molecule has 0 bridgehead atoms. The Labute approximate surface area is 107 Å². The summed E-state index contributed by atoms with van der Waals surface area (Å²) in [5, 5.41) is 9.60. The van der Waals surface area contributed by atoms with Gasteiger partial charge in [0.25, 0.3) is 0 Å². The number of rotatable bonds is 3. The highest BCUT2D eigenvalue weighted by Crippen LogP contribution is 2.35. The van der Waals surface area contributed by atoms with Gasteiger partial charge in [0, 0.05) is 5.56 Å². The Kier molecular flexibility index (Phi) is 3.42. The molecule has 18 heavy (non-hydrogen) atoms. The quantitative estimate of drug-likeness (QED) is 0.899. The topological polar surface area (TPSA) is 38.7 Å². The molecule has 0 radical (unpaired) electrons. The van der Waals surface area contributed by atoms with Gasteiger partial charge in [0.1, 0.15) is 17.2 Å². The zero-order valence-electron chi connectivity index (χ0n) is 10.7. The Hall–Kier alpha value is -2.16. The van der Waals surface area contributed by atoms with Crippen LogP contribution < -0.4 is 9.47 Å². The van der Waals surface area contributed by atoms with Crippen LogP contribution in [0.15, 0.2) is 36.4 Å². The second kappa shape index (κ2) is 5.00. The smallest absolute Gasteiger partial charge is 0.126 e. The fourth-order valence-corrected chi connectivity index (χ4v) is 1.94. The van der Waals surface area contributed by atoms with Crippen molar-refractivity contribution in [3.63, 3.8) is 0 Å². The van der Waals surface area contributed by atoms with Crippen LogP contribution >= 0.6 is 0 Å². The second-order valence-electron chi connectivity index (χ2n) is 4.12. The first kappa shape index (κ1) is 12.3. The molecule has 2 aromatic rings. The van der Waals surface area contributed by atoms with Gasteiger partial charge in [0.15, 0.2) is 0 Å². The Morgan fingerprint density at radius 2 is 1.72 bits per heavy atom. The lowest BCUT2D eigenvalue weighted by Crippen LogP contribution is -1.90. The highest BCUT2D eigenvalue weighted by molar-refractivity contribution is 5.73. The highest BCUT2D eigenvalue weighted by Gasteiger charge is 2.08. The molecule has 0 saturated carbocycles. The van der Waals surface area contributed by atoms with Gasteiger partial charge in [-0.1, -0.05) is 6.07 Å². The van der Waals surface area contributed by atoms with E-state index >= 15 is 0 Å². The van der Waals surface area contributed by atoms with Crippen LogP contribution in [0.5, 0.6) is 17.2 Å². The van der Waals surface area contributed by atoms with Gasteiger partial charge in [-0.3, -0.25) is 0 Å². The van der Waals surface area contributed by atoms with Gasteiger partial charge in [-0.25, -0.2) is 0 Å². The number of hydrogen-bond acceptors (Lipinski definition) is 3. The molecular formula is C15H16O3. The van der Waals surface area contributed by atoms with Gasteiger partial charge in [-0.05, 0) is 48.4 Å². The molecule has 3 nitrogen and oxygen atoms in total. The predicted octanol–water partition coefficient (Wildman–Crippen LogP) is 3.38. The Bertz CT molecular complexity index is 562. The first-order valence-corrected chi connectivity index (χ1v) is 5.67. The van der Waals surface area contributed by atoms with Crippen LogP contribution in [-0.4, -0.2) is 19.3 Å². The number of aromatic hydroxyl groups is 1. The maximum atomic E-state index is 9.60. The molecule has 0 aromatic heterocycles. The van der Waals surface area contributed by atoms with E-state index in [0.717, 1.165) is 28.2 Å². The molecule has 1 N–H and O–H groups in total. The first-order chi connectivity index (χ1) is 8.63. The lowest BCUT2D eigenvalue weighted by atomic mass is 10.0. The van der Waals surface area contributed by atoms with E-state index in [1.165, 1.54) is 0 Å². The van der Waals surface area contributed by atoms with Crippen molar-refractivity contribution in [2.75, 3.05) is 14.2 Å². The molecule has 0 aliphatic heterocycles. The van der Waals surface area contributed by atoms with E-state index in [2.05, 4.69) is 0 Å². The molecule has 0 amide bonds. The third kappa shape index (κ3) is 2.40. The largest absolute Gasteiger partial charge is 0.508 e. The molecular weight excluding hydrogens is 228 g/mol. The monoisotopic (exact) mass is 244 g/mol. The summed E-state index contributed by atoms with van der Waals surface area (Å²) in [5.41, 5.74) is 2.90. The van der Waals surface area contributed by atoms with Gasteiger partial charge >= 0.3 is 0 Å². The minimum Gasteiger partial charge on any atom is -0.508 e. The maximum Gasteiger partial charge on any atom is 0.126 e. The molecule has 0 unspecified atom stereocenters. The molecule has 3 heteroatoms. The summed E-state index contributed by atoms with van der Waals surface area (Å²) < 4.78 is 10.6. The standard InChI is InChI=1S/C15H16O3/c1-10-6-11(8-13(7-10)17-2)14-9-12(16)4-5-15(14)18-3/h4-9,16H,1-3H3. The van der Waals surface area contributed by atoms with Crippen LogP contribution in [0.3, 0.4) is 0 Å². The van der Waals surface area contributed by atoms with E-state index in [4.69, 9.17) is 9.47 Å². The Morgan fingerprint density at radius 1 is 0.944 bits per heavy atom. The summed E-state index contributed by atoms with van der Waals surface area (Å²) >= 11 is 0. The van der Waals surface area contributed by atoms with Crippen LogP contribution in [0.4, 0.5) is 0 Å². The van der Waals surface area contributed by atoms with Crippen molar-refractivity contribution in [1.82, 2.24) is 0 Å². The Morgan fingerprint density at radius 3 is 2.39 bits per heavy atom. The molecule has 0 atom stereocenters. The molecule has 94 valence electrons. The Balaban J connectivity index is 2.60. The van der Waals surface area contributed by atoms with Gasteiger partial charge in [-0.2, -0.15) is 0 Å². The zero-order valence-corrected chi connectivity index (χ0v) is 10.7. The number of aryl methyl sites for hydroxylation is 1. The van der Waals surface area contributed by atoms with Gasteiger partial charge in [-0.15, -0.1) is 0 Å². The third-order valence-corrected chi connectivity index (χ3v) is 2.78. The van der Waals surface area contributed by atoms with E-state index in [1.807, 2.05) is 25.1 Å². The average Bonchev–Trinajstić information content (AvgIpc) is 2.38. The van der Waals surface area contributed by atoms with Gasteiger partial charge in [0.2, 0.25) is 0 Å². The minimum absolute atomic E-state index is 0.214. The molecule has 0 aliphatic carbocycles. The van der Waals surface area contributed by atoms with Gasteiger partial charge < -0.3 is 14.6 Å². The summed E-state index contributed by atoms with van der Waals surface area (Å²) in [6.45, 7) is 2.00. The van der Waals surface area contributed by atoms with Crippen LogP contribution in [-0.2, 0) is 0 Å². The number of ether oxygens (including phenoxy) is 2. The molecule has 0 fully saturated rings. The second-order valence-corrected chi connectivity index (χ2v) is 4.12. The van der Waals surface area contributed by atoms with E-state index in [0.29, 0.717) is 0 Å². The van der Waals surface area contributed by atoms with Crippen LogP contribution in [0.25, 0.3) is 11.1 Å². The molecule has 0 saturated heterocycles. The number of benzene rings is 2. The van der Waals surface area contributed by atoms with Crippen molar-refractivity contribution >= 4 is 0 Å². The summed E-state index contributed by atoms with van der Waals surface area (Å²) in [6.07, 6.45) is 0. The molecule has 0 spiro atoms. The number of phenols is 1. The van der Waals surface area contributed by atoms with E-state index in [-0.39, 0.29) is 5.75 Å². The predicted molar refractivity (Wildman–Crippen MR) is 71.4 cm³/mol. The van der Waals surface area contributed by atoms with Crippen LogP contribution in [0, 0.1) is 6.92 Å². The van der Waals surface area contributed by atoms with E-state index in [9.17, 15) is 5.11 Å². The average molecular weight is 244 g/mol. The van der Waals surface area contributed by atoms with Crippen LogP contribution in [0.1, 0.15) is 5.56 Å². The molecule has 0 heterocycles. The molecule has 0 aliphatic rings. The minimum atomic E-state index is 0.214.